The number of Topliss-reactive ketones (excluding diaryl/α,β-unsaturated/α-hetero) is 1. The molecule has 1 N–H and O–H groups in total. The lowest BCUT2D eigenvalue weighted by atomic mass is 9.95. The number of hydrogen-bond donors (Lipinski definition) is 1. The lowest BCUT2D eigenvalue weighted by Crippen LogP contribution is -2.29. The molecule has 0 radical (unpaired) electrons. The fraction of sp³-hybridized carbons (Fsp3) is 0.100. The maximum atomic E-state index is 14.5. The van der Waals surface area contributed by atoms with Gasteiger partial charge in [0.25, 0.3) is 11.7 Å². The number of nitrogens with zero attached hydrogens (tertiary/aromatic N) is 2. The molecular weight excluding hydrogens is 487 g/mol. The maximum Gasteiger partial charge on any atom is 0.295 e. The molecule has 7 nitrogen and oxygen atoms in total. The molecule has 1 aliphatic rings. The van der Waals surface area contributed by atoms with Crippen LogP contribution in [0.25, 0.3) is 5.76 Å². The molecule has 8 heteroatoms. The van der Waals surface area contributed by atoms with Crippen LogP contribution in [0.3, 0.4) is 0 Å². The third kappa shape index (κ3) is 4.84. The van der Waals surface area contributed by atoms with Crippen molar-refractivity contribution in [2.24, 2.45) is 0 Å². The van der Waals surface area contributed by atoms with Crippen molar-refractivity contribution in [2.45, 2.75) is 12.6 Å². The van der Waals surface area contributed by atoms with Crippen molar-refractivity contribution in [1.82, 2.24) is 9.88 Å². The van der Waals surface area contributed by atoms with Crippen molar-refractivity contribution in [3.8, 4) is 17.2 Å². The SMILES string of the molecule is COc1ccc(C(O)=C2C(=O)C(=O)N(Cc3ccncc3)C2c2cccc(Oc3ccccc3)c2)cc1F. The van der Waals surface area contributed by atoms with Crippen molar-refractivity contribution in [1.29, 1.82) is 0 Å². The molecule has 1 atom stereocenters. The summed E-state index contributed by atoms with van der Waals surface area (Å²) in [6.45, 7) is 0.0925. The molecule has 0 aliphatic carbocycles. The highest BCUT2D eigenvalue weighted by atomic mass is 19.1. The van der Waals surface area contributed by atoms with E-state index >= 15 is 0 Å². The number of hydrogen-bond acceptors (Lipinski definition) is 6. The Hall–Kier alpha value is -4.98. The van der Waals surface area contributed by atoms with E-state index in [4.69, 9.17) is 9.47 Å². The first kappa shape index (κ1) is 24.7. The van der Waals surface area contributed by atoms with Crippen molar-refractivity contribution in [3.05, 3.63) is 125 Å². The van der Waals surface area contributed by atoms with Gasteiger partial charge < -0.3 is 19.5 Å². The number of methoxy groups -OCH3 is 1. The number of benzene rings is 3. The van der Waals surface area contributed by atoms with Gasteiger partial charge in [-0.3, -0.25) is 14.6 Å². The van der Waals surface area contributed by atoms with Crippen LogP contribution in [0.4, 0.5) is 4.39 Å². The van der Waals surface area contributed by atoms with Crippen molar-refractivity contribution < 1.29 is 28.6 Å². The topological polar surface area (TPSA) is 89.0 Å². The summed E-state index contributed by atoms with van der Waals surface area (Å²) in [6.07, 6.45) is 3.19. The molecule has 1 aromatic heterocycles. The molecule has 0 saturated carbocycles. The summed E-state index contributed by atoms with van der Waals surface area (Å²) in [5.41, 5.74) is 1.19. The van der Waals surface area contributed by atoms with Crippen LogP contribution in [0.1, 0.15) is 22.7 Å². The number of aromatic nitrogens is 1. The zero-order chi connectivity index (χ0) is 26.6. The minimum Gasteiger partial charge on any atom is -0.507 e. The highest BCUT2D eigenvalue weighted by Crippen LogP contribution is 2.41. The van der Waals surface area contributed by atoms with E-state index in [2.05, 4.69) is 4.98 Å². The fourth-order valence-corrected chi connectivity index (χ4v) is 4.42. The molecule has 5 rings (SSSR count). The Morgan fingerprint density at radius 2 is 1.68 bits per heavy atom. The Labute approximate surface area is 218 Å². The second kappa shape index (κ2) is 10.6. The molecule has 3 aromatic carbocycles. The van der Waals surface area contributed by atoms with Gasteiger partial charge in [0.1, 0.15) is 17.3 Å². The van der Waals surface area contributed by atoms with Gasteiger partial charge in [-0.15, -0.1) is 0 Å². The lowest BCUT2D eigenvalue weighted by molar-refractivity contribution is -0.140. The normalized spacial score (nSPS) is 16.5. The van der Waals surface area contributed by atoms with Crippen LogP contribution in [-0.2, 0) is 16.1 Å². The van der Waals surface area contributed by atoms with Crippen LogP contribution in [0.2, 0.25) is 0 Å². The van der Waals surface area contributed by atoms with Crippen molar-refractivity contribution >= 4 is 17.4 Å². The van der Waals surface area contributed by atoms with Gasteiger partial charge in [-0.2, -0.15) is 0 Å². The molecule has 4 aromatic rings. The summed E-state index contributed by atoms with van der Waals surface area (Å²) in [6, 6.07) is 22.5. The largest absolute Gasteiger partial charge is 0.507 e. The number of amides is 1. The van der Waals surface area contributed by atoms with Gasteiger partial charge >= 0.3 is 0 Å². The minimum atomic E-state index is -0.951. The van der Waals surface area contributed by atoms with E-state index in [1.165, 1.54) is 24.1 Å². The smallest absolute Gasteiger partial charge is 0.295 e. The molecular formula is C30H23FN2O5. The number of pyridine rings is 1. The molecule has 1 aliphatic heterocycles. The van der Waals surface area contributed by atoms with Gasteiger partial charge in [-0.25, -0.2) is 4.39 Å². The Balaban J connectivity index is 1.62. The number of ketones is 1. The Kier molecular flexibility index (Phi) is 6.86. The summed E-state index contributed by atoms with van der Waals surface area (Å²) in [4.78, 5) is 32.0. The number of aliphatic hydroxyl groups excluding tert-OH is 1. The average Bonchev–Trinajstić information content (AvgIpc) is 3.19. The van der Waals surface area contributed by atoms with Gasteiger partial charge in [0.15, 0.2) is 11.6 Å². The second-order valence-electron chi connectivity index (χ2n) is 8.62. The fourth-order valence-electron chi connectivity index (χ4n) is 4.42. The van der Waals surface area contributed by atoms with E-state index < -0.39 is 29.3 Å². The number of rotatable bonds is 7. The molecule has 1 fully saturated rings. The van der Waals surface area contributed by atoms with Crippen LogP contribution in [0.5, 0.6) is 17.2 Å². The number of likely N-dealkylation sites (tertiary alicyclic amines) is 1. The van der Waals surface area contributed by atoms with Crippen molar-refractivity contribution in [2.75, 3.05) is 7.11 Å². The van der Waals surface area contributed by atoms with E-state index in [0.29, 0.717) is 17.1 Å². The van der Waals surface area contributed by atoms with Gasteiger partial charge in [-0.1, -0.05) is 30.3 Å². The monoisotopic (exact) mass is 510 g/mol. The third-order valence-corrected chi connectivity index (χ3v) is 6.22. The Morgan fingerprint density at radius 3 is 2.39 bits per heavy atom. The van der Waals surface area contributed by atoms with Crippen LogP contribution in [0.15, 0.2) is 103 Å². The maximum absolute atomic E-state index is 14.5. The van der Waals surface area contributed by atoms with Gasteiger partial charge in [0.05, 0.1) is 18.7 Å². The Bertz CT molecular complexity index is 1520. The number of aliphatic hydroxyl groups is 1. The van der Waals surface area contributed by atoms with E-state index in [1.54, 1.807) is 60.9 Å². The van der Waals surface area contributed by atoms with Crippen molar-refractivity contribution in [3.63, 3.8) is 0 Å². The highest BCUT2D eigenvalue weighted by Gasteiger charge is 2.46. The molecule has 190 valence electrons. The third-order valence-electron chi connectivity index (χ3n) is 6.22. The quantitative estimate of drug-likeness (QED) is 0.197. The number of carbonyl (C=O) groups excluding carboxylic acids is 2. The van der Waals surface area contributed by atoms with E-state index in [0.717, 1.165) is 11.6 Å². The zero-order valence-electron chi connectivity index (χ0n) is 20.4. The number of halogens is 1. The summed E-state index contributed by atoms with van der Waals surface area (Å²) in [5, 5.41) is 11.2. The van der Waals surface area contributed by atoms with E-state index in [9.17, 15) is 19.1 Å². The first-order chi connectivity index (χ1) is 18.5. The van der Waals surface area contributed by atoms with Crippen LogP contribution in [0, 0.1) is 5.82 Å². The number of para-hydroxylation sites is 1. The molecule has 38 heavy (non-hydrogen) atoms. The molecule has 0 spiro atoms. The van der Waals surface area contributed by atoms with Gasteiger partial charge in [0.2, 0.25) is 0 Å². The standard InChI is InChI=1S/C30H23FN2O5/c1-37-25-11-10-21(17-24(25)31)28(34)26-27(33(30(36)29(26)35)18-19-12-14-32-15-13-19)20-6-5-9-23(16-20)38-22-7-3-2-4-8-22/h2-17,27,34H,18H2,1H3. The first-order valence-corrected chi connectivity index (χ1v) is 11.8. The van der Waals surface area contributed by atoms with Crippen LogP contribution in [-0.4, -0.2) is 33.8 Å². The molecule has 1 saturated heterocycles. The highest BCUT2D eigenvalue weighted by molar-refractivity contribution is 6.46. The minimum absolute atomic E-state index is 0.0120. The predicted molar refractivity (Wildman–Crippen MR) is 138 cm³/mol. The Morgan fingerprint density at radius 1 is 0.947 bits per heavy atom. The van der Waals surface area contributed by atoms with E-state index in [1.807, 2.05) is 18.2 Å². The molecule has 2 heterocycles. The lowest BCUT2D eigenvalue weighted by Gasteiger charge is -2.25. The number of carbonyl (C=O) groups is 2. The van der Waals surface area contributed by atoms with Gasteiger partial charge in [-0.05, 0) is 65.7 Å². The molecule has 1 unspecified atom stereocenters. The van der Waals surface area contributed by atoms with Gasteiger partial charge in [0, 0.05) is 24.5 Å². The first-order valence-electron chi connectivity index (χ1n) is 11.8. The summed E-state index contributed by atoms with van der Waals surface area (Å²) < 4.78 is 25.4. The number of ether oxygens (including phenoxy) is 2. The summed E-state index contributed by atoms with van der Waals surface area (Å²) in [5.74, 6) is -1.76. The summed E-state index contributed by atoms with van der Waals surface area (Å²) in [7, 11) is 1.33. The van der Waals surface area contributed by atoms with E-state index in [-0.39, 0.29) is 23.4 Å². The zero-order valence-corrected chi connectivity index (χ0v) is 20.4. The van der Waals surface area contributed by atoms with Crippen LogP contribution >= 0.6 is 0 Å². The predicted octanol–water partition coefficient (Wildman–Crippen LogP) is 5.64. The van der Waals surface area contributed by atoms with Crippen LogP contribution < -0.4 is 9.47 Å². The molecule has 1 amide bonds. The average molecular weight is 511 g/mol. The summed E-state index contributed by atoms with van der Waals surface area (Å²) >= 11 is 0. The second-order valence-corrected chi connectivity index (χ2v) is 8.62. The molecule has 0 bridgehead atoms.